The van der Waals surface area contributed by atoms with Crippen LogP contribution in [-0.2, 0) is 25.5 Å². The zero-order valence-corrected chi connectivity index (χ0v) is 21.4. The molecule has 6 N–H and O–H groups in total. The average Bonchev–Trinajstić information content (AvgIpc) is 2.88. The lowest BCUT2D eigenvalue weighted by atomic mass is 9.85. The van der Waals surface area contributed by atoms with Gasteiger partial charge in [0.25, 0.3) is 5.91 Å². The zero-order valence-electron chi connectivity index (χ0n) is 21.4. The Morgan fingerprint density at radius 3 is 2.13 bits per heavy atom. The largest absolute Gasteiger partial charge is 0.435 e. The Labute approximate surface area is 220 Å². The fraction of sp³-hybridized carbons (Fsp3) is 0.286. The third-order valence-electron chi connectivity index (χ3n) is 6.03. The number of ether oxygens (including phenoxy) is 1. The number of fused-ring (bicyclic) bond motifs is 1. The van der Waals surface area contributed by atoms with Crippen molar-refractivity contribution in [3.05, 3.63) is 78.4 Å². The van der Waals surface area contributed by atoms with Crippen molar-refractivity contribution in [2.45, 2.75) is 39.3 Å². The number of hydrogen-bond acceptors (Lipinski definition) is 6. The molecule has 0 aliphatic carbocycles. The minimum atomic E-state index is -1.75. The van der Waals surface area contributed by atoms with Gasteiger partial charge >= 0.3 is 6.09 Å². The lowest BCUT2D eigenvalue weighted by Crippen LogP contribution is -2.56. The fourth-order valence-electron chi connectivity index (χ4n) is 4.09. The minimum absolute atomic E-state index is 0.0526. The second-order valence-corrected chi connectivity index (χ2v) is 10.00. The molecule has 0 radical (unpaired) electrons. The van der Waals surface area contributed by atoms with E-state index in [0.29, 0.717) is 11.3 Å². The maximum Gasteiger partial charge on any atom is 0.412 e. The first-order valence-electron chi connectivity index (χ1n) is 12.0. The molecule has 0 aromatic heterocycles. The molecule has 0 fully saturated rings. The van der Waals surface area contributed by atoms with Crippen LogP contribution in [0, 0.1) is 11.3 Å². The summed E-state index contributed by atoms with van der Waals surface area (Å²) in [5, 5.41) is 16.4. The average molecular weight is 521 g/mol. The zero-order chi connectivity index (χ0) is 27.9. The number of para-hydroxylation sites is 1. The van der Waals surface area contributed by atoms with Crippen LogP contribution in [0.1, 0.15) is 26.3 Å². The second-order valence-electron chi connectivity index (χ2n) is 10.00. The standard InChI is InChI=1S/C28H32N4O6/c1-28(2,3)23(24(29)33)31-25(34)21(16-17-13-14-18-9-7-8-10-19(18)15-17)22(26(35)32-37)38-27(36)30-20-11-5-4-6-12-20/h4-15,21-23,37H,16H2,1-3H3,(H2,29,33)(H,30,36)(H,31,34)(H,32,35)/t21-,22+,23-/m1/s1. The highest BCUT2D eigenvalue weighted by atomic mass is 16.6. The van der Waals surface area contributed by atoms with Crippen molar-refractivity contribution in [2.75, 3.05) is 5.32 Å². The number of carbonyl (C=O) groups is 4. The second kappa shape index (κ2) is 12.2. The summed E-state index contributed by atoms with van der Waals surface area (Å²) in [6, 6.07) is 20.4. The van der Waals surface area contributed by atoms with Gasteiger partial charge < -0.3 is 15.8 Å². The van der Waals surface area contributed by atoms with Gasteiger partial charge in [-0.15, -0.1) is 0 Å². The number of hydroxylamine groups is 1. The smallest absolute Gasteiger partial charge is 0.412 e. The number of primary amides is 1. The highest BCUT2D eigenvalue weighted by Crippen LogP contribution is 2.24. The van der Waals surface area contributed by atoms with E-state index >= 15 is 0 Å². The molecule has 0 spiro atoms. The van der Waals surface area contributed by atoms with Crippen molar-refractivity contribution in [1.29, 1.82) is 0 Å². The number of benzene rings is 3. The normalized spacial score (nSPS) is 13.6. The molecular formula is C28H32N4O6. The molecule has 4 amide bonds. The Hall–Kier alpha value is -4.44. The molecule has 10 heteroatoms. The number of carbonyl (C=O) groups excluding carboxylic acids is 4. The van der Waals surface area contributed by atoms with Crippen LogP contribution < -0.4 is 21.8 Å². The van der Waals surface area contributed by atoms with Crippen molar-refractivity contribution >= 4 is 40.3 Å². The molecule has 3 atom stereocenters. The van der Waals surface area contributed by atoms with E-state index < -0.39 is 47.3 Å². The van der Waals surface area contributed by atoms with E-state index in [-0.39, 0.29) is 6.42 Å². The minimum Gasteiger partial charge on any atom is -0.435 e. The van der Waals surface area contributed by atoms with Crippen LogP contribution in [0.4, 0.5) is 10.5 Å². The number of nitrogens with one attached hydrogen (secondary N) is 3. The van der Waals surface area contributed by atoms with Crippen molar-refractivity contribution in [2.24, 2.45) is 17.1 Å². The van der Waals surface area contributed by atoms with E-state index in [0.717, 1.165) is 10.8 Å². The Morgan fingerprint density at radius 1 is 0.895 bits per heavy atom. The van der Waals surface area contributed by atoms with E-state index in [4.69, 9.17) is 10.5 Å². The number of anilines is 1. The summed E-state index contributed by atoms with van der Waals surface area (Å²) in [7, 11) is 0. The van der Waals surface area contributed by atoms with Gasteiger partial charge in [0.15, 0.2) is 6.10 Å². The molecule has 200 valence electrons. The van der Waals surface area contributed by atoms with Gasteiger partial charge in [0.2, 0.25) is 11.8 Å². The van der Waals surface area contributed by atoms with Crippen LogP contribution in [0.15, 0.2) is 72.8 Å². The predicted octanol–water partition coefficient (Wildman–Crippen LogP) is 3.14. The maximum absolute atomic E-state index is 13.6. The summed E-state index contributed by atoms with van der Waals surface area (Å²) >= 11 is 0. The molecule has 3 aromatic rings. The van der Waals surface area contributed by atoms with Crippen LogP contribution in [0.2, 0.25) is 0 Å². The highest BCUT2D eigenvalue weighted by Gasteiger charge is 2.40. The SMILES string of the molecule is CC(C)(C)[C@H](NC(=O)[C@H](Cc1ccc2ccccc2c1)[C@H](OC(=O)Nc1ccccc1)C(=O)NO)C(N)=O. The Kier molecular flexibility index (Phi) is 9.03. The van der Waals surface area contributed by atoms with Crippen molar-refractivity contribution in [3.8, 4) is 0 Å². The quantitative estimate of drug-likeness (QED) is 0.215. The molecule has 0 aliphatic heterocycles. The molecule has 3 aromatic carbocycles. The molecule has 0 unspecified atom stereocenters. The first kappa shape index (κ1) is 28.1. The van der Waals surface area contributed by atoms with Gasteiger partial charge in [-0.25, -0.2) is 10.3 Å². The monoisotopic (exact) mass is 520 g/mol. The van der Waals surface area contributed by atoms with Gasteiger partial charge in [-0.2, -0.15) is 0 Å². The third kappa shape index (κ3) is 7.30. The van der Waals surface area contributed by atoms with Crippen LogP contribution >= 0.6 is 0 Å². The van der Waals surface area contributed by atoms with Crippen molar-refractivity contribution in [1.82, 2.24) is 10.8 Å². The summed E-state index contributed by atoms with van der Waals surface area (Å²) in [5.74, 6) is -3.95. The summed E-state index contributed by atoms with van der Waals surface area (Å²) in [4.78, 5) is 51.1. The molecule has 0 aliphatic rings. The highest BCUT2D eigenvalue weighted by molar-refractivity contribution is 5.94. The van der Waals surface area contributed by atoms with Gasteiger partial charge in [-0.1, -0.05) is 81.4 Å². The fourth-order valence-corrected chi connectivity index (χ4v) is 4.09. The van der Waals surface area contributed by atoms with Crippen LogP contribution in [0.5, 0.6) is 0 Å². The van der Waals surface area contributed by atoms with Crippen LogP contribution in [0.25, 0.3) is 10.8 Å². The number of rotatable bonds is 9. The van der Waals surface area contributed by atoms with Gasteiger partial charge in [0.1, 0.15) is 6.04 Å². The Bertz CT molecular complexity index is 1310. The van der Waals surface area contributed by atoms with Crippen LogP contribution in [-0.4, -0.2) is 41.2 Å². The molecular weight excluding hydrogens is 488 g/mol. The Morgan fingerprint density at radius 2 is 1.53 bits per heavy atom. The summed E-state index contributed by atoms with van der Waals surface area (Å²) < 4.78 is 5.38. The van der Waals surface area contributed by atoms with Crippen LogP contribution in [0.3, 0.4) is 0 Å². The third-order valence-corrected chi connectivity index (χ3v) is 6.03. The molecule has 0 heterocycles. The predicted molar refractivity (Wildman–Crippen MR) is 142 cm³/mol. The lowest BCUT2D eigenvalue weighted by molar-refractivity contribution is -0.146. The molecule has 0 saturated heterocycles. The van der Waals surface area contributed by atoms with Crippen molar-refractivity contribution < 1.29 is 29.1 Å². The first-order chi connectivity index (χ1) is 18.0. The Balaban J connectivity index is 1.97. The van der Waals surface area contributed by atoms with Gasteiger partial charge in [-0.3, -0.25) is 24.9 Å². The van der Waals surface area contributed by atoms with E-state index in [2.05, 4.69) is 10.6 Å². The molecule has 3 rings (SSSR count). The van der Waals surface area contributed by atoms with E-state index in [1.807, 2.05) is 36.4 Å². The summed E-state index contributed by atoms with van der Waals surface area (Å²) in [5.41, 5.74) is 7.35. The summed E-state index contributed by atoms with van der Waals surface area (Å²) in [6.45, 7) is 5.17. The first-order valence-corrected chi connectivity index (χ1v) is 12.0. The van der Waals surface area contributed by atoms with E-state index in [1.54, 1.807) is 57.2 Å². The molecule has 0 saturated carbocycles. The van der Waals surface area contributed by atoms with E-state index in [1.165, 1.54) is 5.48 Å². The topological polar surface area (TPSA) is 160 Å². The molecule has 10 nitrogen and oxygen atoms in total. The number of amides is 4. The maximum atomic E-state index is 13.6. The lowest BCUT2D eigenvalue weighted by Gasteiger charge is -2.32. The van der Waals surface area contributed by atoms with Gasteiger partial charge in [-0.05, 0) is 40.3 Å². The van der Waals surface area contributed by atoms with Crippen molar-refractivity contribution in [3.63, 3.8) is 0 Å². The molecule has 38 heavy (non-hydrogen) atoms. The number of nitrogens with two attached hydrogens (primary N) is 1. The van der Waals surface area contributed by atoms with E-state index in [9.17, 15) is 24.4 Å². The van der Waals surface area contributed by atoms with Gasteiger partial charge in [0.05, 0.1) is 5.92 Å². The number of hydrogen-bond donors (Lipinski definition) is 5. The molecule has 0 bridgehead atoms. The summed E-state index contributed by atoms with van der Waals surface area (Å²) in [6.07, 6.45) is -2.81. The van der Waals surface area contributed by atoms with Gasteiger partial charge in [0, 0.05) is 5.69 Å².